The van der Waals surface area contributed by atoms with Crippen molar-refractivity contribution in [3.63, 3.8) is 0 Å². The number of carboxylic acid groups (broad SMARTS) is 1. The van der Waals surface area contributed by atoms with Crippen molar-refractivity contribution in [1.82, 2.24) is 20.5 Å². The molecule has 2 aromatic rings. The van der Waals surface area contributed by atoms with Gasteiger partial charge in [0.1, 0.15) is 35.1 Å². The largest absolute Gasteiger partial charge is 0.488 e. The van der Waals surface area contributed by atoms with Gasteiger partial charge < -0.3 is 30.1 Å². The number of hydrogen-bond donors (Lipinski definition) is 3. The second-order valence-corrected chi connectivity index (χ2v) is 12.5. The molecular weight excluding hydrogens is 552 g/mol. The molecule has 0 unspecified atom stereocenters. The van der Waals surface area contributed by atoms with Crippen LogP contribution in [0.15, 0.2) is 30.5 Å². The fourth-order valence-corrected chi connectivity index (χ4v) is 5.29. The van der Waals surface area contributed by atoms with Crippen LogP contribution in [0.2, 0.25) is 5.02 Å². The normalized spacial score (nSPS) is 20.7. The van der Waals surface area contributed by atoms with Crippen LogP contribution in [0.3, 0.4) is 0 Å². The molecule has 0 spiro atoms. The lowest BCUT2D eigenvalue weighted by Gasteiger charge is -2.40. The Morgan fingerprint density at radius 1 is 1.17 bits per heavy atom. The molecule has 0 bridgehead atoms. The van der Waals surface area contributed by atoms with Gasteiger partial charge in [0.25, 0.3) is 0 Å². The minimum atomic E-state index is -1.35. The topological polar surface area (TPSA) is 147 Å². The van der Waals surface area contributed by atoms with Crippen LogP contribution >= 0.6 is 11.6 Å². The zero-order valence-electron chi connectivity index (χ0n) is 23.9. The molecule has 1 aliphatic heterocycles. The van der Waals surface area contributed by atoms with Gasteiger partial charge in [-0.3, -0.25) is 14.6 Å². The molecule has 1 saturated heterocycles. The maximum Gasteiger partial charge on any atom is 0.408 e. The van der Waals surface area contributed by atoms with Crippen molar-refractivity contribution in [2.24, 2.45) is 5.92 Å². The number of fused-ring (bicyclic) bond motifs is 1. The summed E-state index contributed by atoms with van der Waals surface area (Å²) in [7, 11) is 0. The van der Waals surface area contributed by atoms with E-state index < -0.39 is 53.2 Å². The number of pyridine rings is 1. The average molecular weight is 589 g/mol. The van der Waals surface area contributed by atoms with Crippen molar-refractivity contribution in [2.45, 2.75) is 89.6 Å². The summed E-state index contributed by atoms with van der Waals surface area (Å²) in [5.74, 6) is -1.98. The van der Waals surface area contributed by atoms with E-state index in [4.69, 9.17) is 21.1 Å². The molecule has 2 heterocycles. The minimum absolute atomic E-state index is 0.0492. The summed E-state index contributed by atoms with van der Waals surface area (Å²) in [6, 6.07) is 4.93. The van der Waals surface area contributed by atoms with Crippen molar-refractivity contribution < 1.29 is 33.8 Å². The molecule has 4 rings (SSSR count). The highest BCUT2D eigenvalue weighted by Crippen LogP contribution is 2.34. The number of amides is 3. The van der Waals surface area contributed by atoms with Gasteiger partial charge in [-0.05, 0) is 70.2 Å². The average Bonchev–Trinajstić information content (AvgIpc) is 3.26. The number of benzene rings is 1. The van der Waals surface area contributed by atoms with Gasteiger partial charge in [-0.15, -0.1) is 0 Å². The summed E-state index contributed by atoms with van der Waals surface area (Å²) in [6.07, 6.45) is 1.68. The van der Waals surface area contributed by atoms with Crippen LogP contribution in [0.1, 0.15) is 60.3 Å². The third-order valence-corrected chi connectivity index (χ3v) is 7.63. The molecule has 3 amide bonds. The number of nitrogens with zero attached hydrogens (tertiary/aromatic N) is 2. The Morgan fingerprint density at radius 3 is 2.46 bits per heavy atom. The van der Waals surface area contributed by atoms with Crippen molar-refractivity contribution in [1.29, 1.82) is 0 Å². The van der Waals surface area contributed by atoms with Crippen LogP contribution in [-0.4, -0.2) is 74.7 Å². The van der Waals surface area contributed by atoms with E-state index >= 15 is 0 Å². The molecule has 222 valence electrons. The second kappa shape index (κ2) is 11.7. The van der Waals surface area contributed by atoms with E-state index in [2.05, 4.69) is 15.6 Å². The molecular formula is C29H37ClN4O7. The predicted octanol–water partition coefficient (Wildman–Crippen LogP) is 3.91. The van der Waals surface area contributed by atoms with Gasteiger partial charge in [0.2, 0.25) is 11.8 Å². The van der Waals surface area contributed by atoms with E-state index in [0.29, 0.717) is 40.9 Å². The number of halogens is 1. The first-order valence-electron chi connectivity index (χ1n) is 13.8. The number of ether oxygens (including phenoxy) is 2. The molecule has 3 atom stereocenters. The first kappa shape index (κ1) is 30.4. The molecule has 0 radical (unpaired) electrons. The second-order valence-electron chi connectivity index (χ2n) is 12.1. The summed E-state index contributed by atoms with van der Waals surface area (Å²) in [5, 5.41) is 16.4. The van der Waals surface area contributed by atoms with Gasteiger partial charge in [-0.1, -0.05) is 25.4 Å². The number of carbonyl (C=O) groups is 4. The third kappa shape index (κ3) is 6.83. The Morgan fingerprint density at radius 2 is 1.88 bits per heavy atom. The van der Waals surface area contributed by atoms with Gasteiger partial charge in [0, 0.05) is 23.0 Å². The molecule has 1 aromatic heterocycles. The maximum absolute atomic E-state index is 13.9. The van der Waals surface area contributed by atoms with Gasteiger partial charge in [-0.2, -0.15) is 0 Å². The highest BCUT2D eigenvalue weighted by Gasteiger charge is 2.50. The van der Waals surface area contributed by atoms with Crippen LogP contribution < -0.4 is 15.4 Å². The van der Waals surface area contributed by atoms with Crippen LogP contribution in [0.5, 0.6) is 5.75 Å². The SMILES string of the molecule is CC(C)[C@H](NC(=O)OC(C)(C)C)C(=O)N1C[C@H](Oc2ccnc3cc(Cl)ccc23)C[C@H]1C(=O)NC1(C(=O)O)CCC1. The molecule has 41 heavy (non-hydrogen) atoms. The first-order valence-corrected chi connectivity index (χ1v) is 14.1. The number of aromatic nitrogens is 1. The van der Waals surface area contributed by atoms with Gasteiger partial charge >= 0.3 is 12.1 Å². The van der Waals surface area contributed by atoms with Crippen molar-refractivity contribution >= 4 is 46.4 Å². The summed E-state index contributed by atoms with van der Waals surface area (Å²) in [4.78, 5) is 57.7. The smallest absolute Gasteiger partial charge is 0.408 e. The van der Waals surface area contributed by atoms with Crippen molar-refractivity contribution in [2.75, 3.05) is 6.54 Å². The number of carbonyl (C=O) groups excluding carboxylic acids is 3. The molecule has 2 aliphatic rings. The Hall–Kier alpha value is -3.60. The summed E-state index contributed by atoms with van der Waals surface area (Å²) < 4.78 is 11.7. The number of carboxylic acids is 1. The number of hydrogen-bond acceptors (Lipinski definition) is 7. The molecule has 1 aliphatic carbocycles. The fourth-order valence-electron chi connectivity index (χ4n) is 5.12. The Bertz CT molecular complexity index is 1340. The Labute approximate surface area is 243 Å². The Kier molecular flexibility index (Phi) is 8.67. The minimum Gasteiger partial charge on any atom is -0.488 e. The van der Waals surface area contributed by atoms with E-state index in [1.165, 1.54) is 4.90 Å². The maximum atomic E-state index is 13.9. The quantitative estimate of drug-likeness (QED) is 0.420. The van der Waals surface area contributed by atoms with E-state index in [9.17, 15) is 24.3 Å². The van der Waals surface area contributed by atoms with Crippen LogP contribution in [-0.2, 0) is 19.1 Å². The monoisotopic (exact) mass is 588 g/mol. The molecule has 1 aromatic carbocycles. The summed E-state index contributed by atoms with van der Waals surface area (Å²) in [6.45, 7) is 8.76. The zero-order chi connectivity index (χ0) is 30.1. The van der Waals surface area contributed by atoms with E-state index in [1.807, 2.05) is 0 Å². The van der Waals surface area contributed by atoms with Crippen LogP contribution in [0.25, 0.3) is 10.9 Å². The van der Waals surface area contributed by atoms with E-state index in [1.54, 1.807) is 65.1 Å². The highest BCUT2D eigenvalue weighted by molar-refractivity contribution is 6.31. The highest BCUT2D eigenvalue weighted by atomic mass is 35.5. The van der Waals surface area contributed by atoms with Gasteiger partial charge in [0.05, 0.1) is 12.1 Å². The molecule has 12 heteroatoms. The standard InChI is InChI=1S/C29H37ClN4O7/c1-16(2)23(32-27(39)41-28(3,4)5)25(36)34-15-18(14-21(34)24(35)33-29(26(37)38)10-6-11-29)40-22-9-12-31-20-13-17(30)7-8-19(20)22/h7-9,12-13,16,18,21,23H,6,10-11,14-15H2,1-5H3,(H,32,39)(H,33,35)(H,37,38)/t18-,21+,23+/m1/s1. The number of likely N-dealkylation sites (tertiary alicyclic amines) is 1. The number of aliphatic carboxylic acids is 1. The van der Waals surface area contributed by atoms with Crippen molar-refractivity contribution in [3.05, 3.63) is 35.5 Å². The molecule has 11 nitrogen and oxygen atoms in total. The summed E-state index contributed by atoms with van der Waals surface area (Å²) >= 11 is 6.12. The lowest BCUT2D eigenvalue weighted by atomic mass is 9.76. The molecule has 1 saturated carbocycles. The number of alkyl carbamates (subject to hydrolysis) is 1. The van der Waals surface area contributed by atoms with Crippen LogP contribution in [0.4, 0.5) is 4.79 Å². The van der Waals surface area contributed by atoms with Crippen molar-refractivity contribution in [3.8, 4) is 5.75 Å². The third-order valence-electron chi connectivity index (χ3n) is 7.39. The number of nitrogens with one attached hydrogen (secondary N) is 2. The number of rotatable bonds is 8. The fraction of sp³-hybridized carbons (Fsp3) is 0.552. The van der Waals surface area contributed by atoms with Crippen LogP contribution in [0, 0.1) is 5.92 Å². The van der Waals surface area contributed by atoms with Gasteiger partial charge in [0.15, 0.2) is 0 Å². The molecule has 3 N–H and O–H groups in total. The Balaban J connectivity index is 1.60. The predicted molar refractivity (Wildman–Crippen MR) is 152 cm³/mol. The van der Waals surface area contributed by atoms with Gasteiger partial charge in [-0.25, -0.2) is 9.59 Å². The lowest BCUT2D eigenvalue weighted by Crippen LogP contribution is -2.63. The molecule has 2 fully saturated rings. The first-order chi connectivity index (χ1) is 19.2. The zero-order valence-corrected chi connectivity index (χ0v) is 24.7. The summed E-state index contributed by atoms with van der Waals surface area (Å²) in [5.41, 5.74) is -1.49. The lowest BCUT2D eigenvalue weighted by molar-refractivity contribution is -0.153. The van der Waals surface area contributed by atoms with E-state index in [-0.39, 0.29) is 18.9 Å². The van der Waals surface area contributed by atoms with E-state index in [0.717, 1.165) is 0 Å².